The monoisotopic (exact) mass is 227 g/mol. The zero-order valence-electron chi connectivity index (χ0n) is 8.44. The first kappa shape index (κ1) is 11.8. The molecule has 1 aromatic rings. The fraction of sp³-hybridized carbons (Fsp3) is 0.300. The number of hydrogen-bond donors (Lipinski definition) is 3. The minimum atomic E-state index is -0.189. The standard InChI is InChI=1S/C10H14ClN3O/c1-7(10(12)14-15)13-6-8-4-2-3-5-9(8)11/h2-5,7,13,15H,6H2,1H3,(H2,12,14). The molecule has 82 valence electrons. The second-order valence-electron chi connectivity index (χ2n) is 3.22. The molecule has 0 heterocycles. The van der Waals surface area contributed by atoms with Crippen LogP contribution in [0.15, 0.2) is 29.4 Å². The van der Waals surface area contributed by atoms with Crippen LogP contribution in [-0.4, -0.2) is 17.1 Å². The number of amidine groups is 1. The van der Waals surface area contributed by atoms with Gasteiger partial charge in [-0.05, 0) is 18.6 Å². The van der Waals surface area contributed by atoms with Gasteiger partial charge in [-0.2, -0.15) is 0 Å². The largest absolute Gasteiger partial charge is 0.409 e. The van der Waals surface area contributed by atoms with E-state index >= 15 is 0 Å². The maximum absolute atomic E-state index is 8.45. The molecule has 0 aliphatic heterocycles. The van der Waals surface area contributed by atoms with Crippen LogP contribution in [-0.2, 0) is 6.54 Å². The molecule has 1 atom stereocenters. The lowest BCUT2D eigenvalue weighted by molar-refractivity contribution is 0.315. The normalized spacial score (nSPS) is 13.9. The molecule has 0 radical (unpaired) electrons. The molecule has 1 aromatic carbocycles. The Morgan fingerprint density at radius 1 is 1.60 bits per heavy atom. The Bertz CT molecular complexity index is 354. The third kappa shape index (κ3) is 3.42. The van der Waals surface area contributed by atoms with E-state index in [0.717, 1.165) is 5.56 Å². The minimum Gasteiger partial charge on any atom is -0.409 e. The van der Waals surface area contributed by atoms with E-state index < -0.39 is 0 Å². The Balaban J connectivity index is 2.54. The van der Waals surface area contributed by atoms with E-state index in [2.05, 4.69) is 10.5 Å². The molecule has 0 saturated carbocycles. The molecular formula is C10H14ClN3O. The van der Waals surface area contributed by atoms with Gasteiger partial charge in [0.15, 0.2) is 5.84 Å². The number of nitrogens with zero attached hydrogens (tertiary/aromatic N) is 1. The van der Waals surface area contributed by atoms with Crippen LogP contribution in [0.1, 0.15) is 12.5 Å². The number of nitrogens with one attached hydrogen (secondary N) is 1. The smallest absolute Gasteiger partial charge is 0.156 e. The van der Waals surface area contributed by atoms with Crippen molar-refractivity contribution in [2.45, 2.75) is 19.5 Å². The van der Waals surface area contributed by atoms with Crippen LogP contribution in [0, 0.1) is 0 Å². The molecule has 4 nitrogen and oxygen atoms in total. The summed E-state index contributed by atoms with van der Waals surface area (Å²) >= 11 is 5.97. The van der Waals surface area contributed by atoms with Gasteiger partial charge >= 0.3 is 0 Å². The molecule has 1 unspecified atom stereocenters. The van der Waals surface area contributed by atoms with E-state index in [-0.39, 0.29) is 11.9 Å². The molecule has 4 N–H and O–H groups in total. The lowest BCUT2D eigenvalue weighted by Crippen LogP contribution is -2.38. The van der Waals surface area contributed by atoms with Crippen LogP contribution < -0.4 is 11.1 Å². The average molecular weight is 228 g/mol. The molecule has 15 heavy (non-hydrogen) atoms. The van der Waals surface area contributed by atoms with Gasteiger partial charge in [0.25, 0.3) is 0 Å². The van der Waals surface area contributed by atoms with E-state index in [1.54, 1.807) is 0 Å². The quantitative estimate of drug-likeness (QED) is 0.317. The van der Waals surface area contributed by atoms with Crippen molar-refractivity contribution >= 4 is 17.4 Å². The van der Waals surface area contributed by atoms with E-state index in [4.69, 9.17) is 22.5 Å². The highest BCUT2D eigenvalue weighted by atomic mass is 35.5. The number of hydrogen-bond acceptors (Lipinski definition) is 3. The van der Waals surface area contributed by atoms with Gasteiger partial charge in [-0.3, -0.25) is 0 Å². The Morgan fingerprint density at radius 2 is 2.27 bits per heavy atom. The summed E-state index contributed by atoms with van der Waals surface area (Å²) in [6.07, 6.45) is 0. The van der Waals surface area contributed by atoms with E-state index in [0.29, 0.717) is 11.6 Å². The second-order valence-corrected chi connectivity index (χ2v) is 3.63. The summed E-state index contributed by atoms with van der Waals surface area (Å²) in [6, 6.07) is 7.35. The minimum absolute atomic E-state index is 0.155. The van der Waals surface area contributed by atoms with Crippen molar-refractivity contribution in [3.05, 3.63) is 34.9 Å². The van der Waals surface area contributed by atoms with Gasteiger partial charge in [0.1, 0.15) is 0 Å². The first-order chi connectivity index (χ1) is 7.15. The van der Waals surface area contributed by atoms with Crippen molar-refractivity contribution in [2.75, 3.05) is 0 Å². The molecule has 0 aliphatic rings. The summed E-state index contributed by atoms with van der Waals surface area (Å²) in [5.41, 5.74) is 6.41. The highest BCUT2D eigenvalue weighted by Crippen LogP contribution is 2.14. The number of oxime groups is 1. The molecule has 1 rings (SSSR count). The number of halogens is 1. The van der Waals surface area contributed by atoms with Crippen molar-refractivity contribution in [1.82, 2.24) is 5.32 Å². The van der Waals surface area contributed by atoms with Crippen LogP contribution in [0.25, 0.3) is 0 Å². The first-order valence-electron chi connectivity index (χ1n) is 4.59. The summed E-state index contributed by atoms with van der Waals surface area (Å²) in [5, 5.41) is 15.2. The molecule has 0 aromatic heterocycles. The fourth-order valence-corrected chi connectivity index (χ4v) is 1.30. The fourth-order valence-electron chi connectivity index (χ4n) is 1.10. The van der Waals surface area contributed by atoms with Crippen molar-refractivity contribution in [3.8, 4) is 0 Å². The van der Waals surface area contributed by atoms with Gasteiger partial charge in [-0.25, -0.2) is 0 Å². The summed E-state index contributed by atoms with van der Waals surface area (Å²) in [6.45, 7) is 2.39. The number of nitrogens with two attached hydrogens (primary N) is 1. The van der Waals surface area contributed by atoms with Gasteiger partial charge < -0.3 is 16.3 Å². The Kier molecular flexibility index (Phi) is 4.39. The van der Waals surface area contributed by atoms with Gasteiger partial charge in [0.05, 0.1) is 6.04 Å². The number of benzene rings is 1. The average Bonchev–Trinajstić information content (AvgIpc) is 2.26. The van der Waals surface area contributed by atoms with Crippen LogP contribution in [0.3, 0.4) is 0 Å². The Hall–Kier alpha value is -1.26. The molecule has 0 saturated heterocycles. The molecule has 0 spiro atoms. The van der Waals surface area contributed by atoms with Gasteiger partial charge in [0.2, 0.25) is 0 Å². The summed E-state index contributed by atoms with van der Waals surface area (Å²) in [4.78, 5) is 0. The van der Waals surface area contributed by atoms with E-state index in [9.17, 15) is 0 Å². The van der Waals surface area contributed by atoms with Crippen molar-refractivity contribution in [2.24, 2.45) is 10.9 Å². The topological polar surface area (TPSA) is 70.6 Å². The molecular weight excluding hydrogens is 214 g/mol. The third-order valence-corrected chi connectivity index (χ3v) is 2.48. The highest BCUT2D eigenvalue weighted by molar-refractivity contribution is 6.31. The van der Waals surface area contributed by atoms with Crippen LogP contribution >= 0.6 is 11.6 Å². The SMILES string of the molecule is CC(NCc1ccccc1Cl)C(N)=NO. The zero-order chi connectivity index (χ0) is 11.3. The lowest BCUT2D eigenvalue weighted by Gasteiger charge is -2.12. The first-order valence-corrected chi connectivity index (χ1v) is 4.97. The predicted octanol–water partition coefficient (Wildman–Crippen LogP) is 1.56. The molecule has 0 bridgehead atoms. The predicted molar refractivity (Wildman–Crippen MR) is 61.2 cm³/mol. The highest BCUT2D eigenvalue weighted by Gasteiger charge is 2.07. The molecule has 0 fully saturated rings. The van der Waals surface area contributed by atoms with Crippen molar-refractivity contribution < 1.29 is 5.21 Å². The van der Waals surface area contributed by atoms with Crippen LogP contribution in [0.4, 0.5) is 0 Å². The van der Waals surface area contributed by atoms with Crippen molar-refractivity contribution in [1.29, 1.82) is 0 Å². The maximum Gasteiger partial charge on any atom is 0.156 e. The summed E-state index contributed by atoms with van der Waals surface area (Å²) in [7, 11) is 0. The van der Waals surface area contributed by atoms with E-state index in [1.807, 2.05) is 31.2 Å². The maximum atomic E-state index is 8.45. The lowest BCUT2D eigenvalue weighted by atomic mass is 10.2. The Morgan fingerprint density at radius 3 is 2.87 bits per heavy atom. The second kappa shape index (κ2) is 5.58. The summed E-state index contributed by atoms with van der Waals surface area (Å²) in [5.74, 6) is 0.155. The zero-order valence-corrected chi connectivity index (χ0v) is 9.20. The van der Waals surface area contributed by atoms with Crippen molar-refractivity contribution in [3.63, 3.8) is 0 Å². The van der Waals surface area contributed by atoms with Crippen LogP contribution in [0.5, 0.6) is 0 Å². The van der Waals surface area contributed by atoms with Crippen LogP contribution in [0.2, 0.25) is 5.02 Å². The summed E-state index contributed by atoms with van der Waals surface area (Å²) < 4.78 is 0. The van der Waals surface area contributed by atoms with E-state index in [1.165, 1.54) is 0 Å². The Labute approximate surface area is 93.7 Å². The van der Waals surface area contributed by atoms with Gasteiger partial charge in [-0.15, -0.1) is 0 Å². The number of rotatable bonds is 4. The van der Waals surface area contributed by atoms with Gasteiger partial charge in [0, 0.05) is 11.6 Å². The molecule has 0 amide bonds. The third-order valence-electron chi connectivity index (χ3n) is 2.12. The van der Waals surface area contributed by atoms with Gasteiger partial charge in [-0.1, -0.05) is 35.0 Å². The molecule has 5 heteroatoms. The molecule has 0 aliphatic carbocycles.